The molecule has 0 N–H and O–H groups in total. The van der Waals surface area contributed by atoms with E-state index in [4.69, 9.17) is 0 Å². The third kappa shape index (κ3) is 2.63. The van der Waals surface area contributed by atoms with Gasteiger partial charge in [0.25, 0.3) is 0 Å². The smallest absolute Gasteiger partial charge is 0.110 e. The van der Waals surface area contributed by atoms with Crippen molar-refractivity contribution in [2.75, 3.05) is 20.1 Å². The molecule has 1 aromatic heterocycles. The maximum atomic E-state index is 9.32. The van der Waals surface area contributed by atoms with Crippen LogP contribution < -0.4 is 0 Å². The van der Waals surface area contributed by atoms with E-state index in [0.29, 0.717) is 0 Å². The van der Waals surface area contributed by atoms with E-state index in [9.17, 15) is 5.26 Å². The van der Waals surface area contributed by atoms with Crippen molar-refractivity contribution < 1.29 is 0 Å². The number of benzene rings is 1. The fourth-order valence-electron chi connectivity index (χ4n) is 3.74. The summed E-state index contributed by atoms with van der Waals surface area (Å²) in [5.74, 6) is 0. The third-order valence-corrected chi connectivity index (χ3v) is 6.14. The molecule has 1 saturated heterocycles. The van der Waals surface area contributed by atoms with E-state index in [1.807, 2.05) is 0 Å². The molecular weight excluding hydrogens is 300 g/mol. The summed E-state index contributed by atoms with van der Waals surface area (Å²) in [5.41, 5.74) is 7.23. The van der Waals surface area contributed by atoms with Crippen molar-refractivity contribution in [2.45, 2.75) is 25.7 Å². The number of aryl methyl sites for hydroxylation is 2. The van der Waals surface area contributed by atoms with E-state index in [0.717, 1.165) is 43.6 Å². The van der Waals surface area contributed by atoms with Gasteiger partial charge in [-0.25, -0.2) is 0 Å². The molecule has 0 radical (unpaired) electrons. The highest BCUT2D eigenvalue weighted by Crippen LogP contribution is 2.42. The first-order valence-corrected chi connectivity index (χ1v) is 9.10. The summed E-state index contributed by atoms with van der Waals surface area (Å²) in [6.45, 7) is 2.26. The Kier molecular flexibility index (Phi) is 3.80. The molecule has 2 aliphatic rings. The van der Waals surface area contributed by atoms with Gasteiger partial charge in [-0.2, -0.15) is 5.26 Å². The highest BCUT2D eigenvalue weighted by molar-refractivity contribution is 7.13. The van der Waals surface area contributed by atoms with E-state index in [2.05, 4.69) is 48.3 Å². The minimum absolute atomic E-state index is 0.848. The van der Waals surface area contributed by atoms with Gasteiger partial charge in [0.2, 0.25) is 0 Å². The molecule has 116 valence electrons. The highest BCUT2D eigenvalue weighted by Gasteiger charge is 2.25. The average Bonchev–Trinajstić information content (AvgIpc) is 2.92. The molecule has 1 aromatic carbocycles. The molecule has 1 fully saturated rings. The summed E-state index contributed by atoms with van der Waals surface area (Å²) in [4.78, 5) is 4.61. The van der Waals surface area contributed by atoms with E-state index in [1.54, 1.807) is 16.9 Å². The Balaban J connectivity index is 1.93. The Morgan fingerprint density at radius 1 is 1.04 bits per heavy atom. The molecule has 1 aliphatic carbocycles. The monoisotopic (exact) mass is 320 g/mol. The number of likely N-dealkylation sites (tertiary alicyclic amines) is 1. The van der Waals surface area contributed by atoms with Gasteiger partial charge in [-0.05, 0) is 61.1 Å². The number of piperidine rings is 1. The molecule has 2 aromatic rings. The van der Waals surface area contributed by atoms with Gasteiger partial charge in [-0.3, -0.25) is 0 Å². The zero-order valence-corrected chi connectivity index (χ0v) is 14.2. The number of hydrogen-bond donors (Lipinski definition) is 0. The lowest BCUT2D eigenvalue weighted by atomic mass is 9.90. The normalized spacial score (nSPS) is 18.1. The lowest BCUT2D eigenvalue weighted by molar-refractivity contribution is 0.313. The lowest BCUT2D eigenvalue weighted by Gasteiger charge is -2.27. The standard InChI is InChI=1S/C20H20N2S/c1-22-10-8-15(9-11-22)19-18-5-3-2-4-14(18)6-7-16-12-17(13-21)23-20(16)19/h2-5,12H,6-11H2,1H3. The maximum absolute atomic E-state index is 9.32. The van der Waals surface area contributed by atoms with Crippen molar-refractivity contribution in [1.29, 1.82) is 5.26 Å². The lowest BCUT2D eigenvalue weighted by Crippen LogP contribution is -2.26. The summed E-state index contributed by atoms with van der Waals surface area (Å²) in [6, 6.07) is 13.3. The summed E-state index contributed by atoms with van der Waals surface area (Å²) in [6.07, 6.45) is 4.39. The van der Waals surface area contributed by atoms with Crippen LogP contribution in [0.1, 0.15) is 39.3 Å². The molecule has 0 amide bonds. The third-order valence-electron chi connectivity index (χ3n) is 5.04. The van der Waals surface area contributed by atoms with Crippen LogP contribution in [0.25, 0.3) is 5.57 Å². The molecule has 0 atom stereocenters. The van der Waals surface area contributed by atoms with Crippen LogP contribution in [0.3, 0.4) is 0 Å². The Morgan fingerprint density at radius 3 is 2.57 bits per heavy atom. The van der Waals surface area contributed by atoms with Crippen LogP contribution in [0.2, 0.25) is 0 Å². The van der Waals surface area contributed by atoms with Crippen LogP contribution in [0.15, 0.2) is 35.9 Å². The summed E-state index contributed by atoms with van der Waals surface area (Å²) in [5, 5.41) is 9.32. The van der Waals surface area contributed by atoms with Gasteiger partial charge in [-0.15, -0.1) is 11.3 Å². The Morgan fingerprint density at radius 2 is 1.78 bits per heavy atom. The molecule has 2 nitrogen and oxygen atoms in total. The Bertz CT molecular complexity index is 812. The molecule has 3 heteroatoms. The van der Waals surface area contributed by atoms with Crippen LogP contribution >= 0.6 is 11.3 Å². The maximum Gasteiger partial charge on any atom is 0.110 e. The van der Waals surface area contributed by atoms with E-state index in [1.165, 1.54) is 27.1 Å². The molecule has 0 saturated carbocycles. The first kappa shape index (κ1) is 14.7. The minimum Gasteiger partial charge on any atom is -0.306 e. The number of nitrogens with zero attached hydrogens (tertiary/aromatic N) is 2. The van der Waals surface area contributed by atoms with Crippen LogP contribution in [0, 0.1) is 11.3 Å². The van der Waals surface area contributed by atoms with E-state index < -0.39 is 0 Å². The van der Waals surface area contributed by atoms with Crippen LogP contribution in [-0.2, 0) is 12.8 Å². The van der Waals surface area contributed by atoms with Crippen LogP contribution in [-0.4, -0.2) is 25.0 Å². The van der Waals surface area contributed by atoms with Crippen molar-refractivity contribution >= 4 is 16.9 Å². The predicted molar refractivity (Wildman–Crippen MR) is 95.6 cm³/mol. The largest absolute Gasteiger partial charge is 0.306 e. The zero-order chi connectivity index (χ0) is 15.8. The van der Waals surface area contributed by atoms with E-state index in [-0.39, 0.29) is 0 Å². The van der Waals surface area contributed by atoms with Gasteiger partial charge in [0.15, 0.2) is 0 Å². The van der Waals surface area contributed by atoms with Gasteiger partial charge >= 0.3 is 0 Å². The number of thiophene rings is 1. The summed E-state index contributed by atoms with van der Waals surface area (Å²) < 4.78 is 0. The second kappa shape index (κ2) is 5.96. The van der Waals surface area contributed by atoms with Gasteiger partial charge in [0.05, 0.1) is 0 Å². The Labute approximate surface area is 141 Å². The zero-order valence-electron chi connectivity index (χ0n) is 13.4. The number of nitriles is 1. The Hall–Kier alpha value is -1.89. The van der Waals surface area contributed by atoms with Crippen molar-refractivity contribution in [1.82, 2.24) is 4.90 Å². The number of hydrogen-bond acceptors (Lipinski definition) is 3. The van der Waals surface area contributed by atoms with Crippen molar-refractivity contribution in [3.8, 4) is 6.07 Å². The fourth-order valence-corrected chi connectivity index (χ4v) is 4.86. The second-order valence-electron chi connectivity index (χ2n) is 6.52. The first-order valence-electron chi connectivity index (χ1n) is 8.28. The second-order valence-corrected chi connectivity index (χ2v) is 7.57. The van der Waals surface area contributed by atoms with Gasteiger partial charge in [-0.1, -0.05) is 29.8 Å². The topological polar surface area (TPSA) is 27.0 Å². The van der Waals surface area contributed by atoms with E-state index >= 15 is 0 Å². The molecule has 0 spiro atoms. The molecule has 4 rings (SSSR count). The highest BCUT2D eigenvalue weighted by atomic mass is 32.1. The van der Waals surface area contributed by atoms with Crippen molar-refractivity contribution in [3.63, 3.8) is 0 Å². The molecule has 23 heavy (non-hydrogen) atoms. The minimum atomic E-state index is 0.848. The number of rotatable bonds is 0. The van der Waals surface area contributed by atoms with Gasteiger partial charge < -0.3 is 4.90 Å². The SMILES string of the molecule is CN1CCC(=C2c3ccccc3CCc3cc(C#N)sc32)CC1. The van der Waals surface area contributed by atoms with Crippen molar-refractivity contribution in [3.05, 3.63) is 62.3 Å². The van der Waals surface area contributed by atoms with Crippen molar-refractivity contribution in [2.24, 2.45) is 0 Å². The fraction of sp³-hybridized carbons (Fsp3) is 0.350. The molecular formula is C20H20N2S. The van der Waals surface area contributed by atoms with Crippen LogP contribution in [0.4, 0.5) is 0 Å². The molecule has 1 aliphatic heterocycles. The molecule has 0 unspecified atom stereocenters. The predicted octanol–water partition coefficient (Wildman–Crippen LogP) is 4.25. The summed E-state index contributed by atoms with van der Waals surface area (Å²) in [7, 11) is 2.20. The van der Waals surface area contributed by atoms with Gasteiger partial charge in [0.1, 0.15) is 10.9 Å². The quantitative estimate of drug-likeness (QED) is 0.726. The summed E-state index contributed by atoms with van der Waals surface area (Å²) >= 11 is 1.68. The molecule has 2 heterocycles. The number of fused-ring (bicyclic) bond motifs is 2. The first-order chi connectivity index (χ1) is 11.3. The van der Waals surface area contributed by atoms with Crippen LogP contribution in [0.5, 0.6) is 0 Å². The molecule has 0 bridgehead atoms. The van der Waals surface area contributed by atoms with Gasteiger partial charge in [0, 0.05) is 18.0 Å². The average molecular weight is 320 g/mol.